The molecule has 0 radical (unpaired) electrons. The Kier molecular flexibility index (Phi) is 4.12. The van der Waals surface area contributed by atoms with E-state index in [0.717, 1.165) is 0 Å². The molecule has 0 N–H and O–H groups in total. The number of ether oxygens (including phenoxy) is 2. The fraction of sp³-hybridized carbons (Fsp3) is 0.231. The molecule has 0 fully saturated rings. The molecule has 0 aliphatic rings. The van der Waals surface area contributed by atoms with Crippen LogP contribution in [0.5, 0.6) is 11.5 Å². The van der Waals surface area contributed by atoms with Gasteiger partial charge in [-0.25, -0.2) is 9.97 Å². The largest absolute Gasteiger partial charge is 0.493 e. The fourth-order valence-electron chi connectivity index (χ4n) is 1.65. The van der Waals surface area contributed by atoms with E-state index in [1.807, 2.05) is 12.1 Å². The van der Waals surface area contributed by atoms with Gasteiger partial charge in [-0.3, -0.25) is 0 Å². The van der Waals surface area contributed by atoms with Crippen LogP contribution in [0.3, 0.4) is 0 Å². The van der Waals surface area contributed by atoms with Crippen molar-refractivity contribution >= 4 is 23.2 Å². The molecule has 19 heavy (non-hydrogen) atoms. The first-order valence-electron chi connectivity index (χ1n) is 5.49. The van der Waals surface area contributed by atoms with Crippen LogP contribution < -0.4 is 9.47 Å². The van der Waals surface area contributed by atoms with Crippen LogP contribution in [0, 0.1) is 6.92 Å². The van der Waals surface area contributed by atoms with Crippen molar-refractivity contribution in [3.63, 3.8) is 0 Å². The molecule has 0 spiro atoms. The minimum absolute atomic E-state index is 0.319. The summed E-state index contributed by atoms with van der Waals surface area (Å²) in [6.45, 7) is 1.76. The van der Waals surface area contributed by atoms with E-state index in [2.05, 4.69) is 9.97 Å². The topological polar surface area (TPSA) is 44.2 Å². The Bertz CT molecular complexity index is 595. The van der Waals surface area contributed by atoms with E-state index >= 15 is 0 Å². The summed E-state index contributed by atoms with van der Waals surface area (Å²) in [5.74, 6) is 1.54. The van der Waals surface area contributed by atoms with Gasteiger partial charge in [0.1, 0.15) is 10.3 Å². The Morgan fingerprint density at radius 1 is 1.00 bits per heavy atom. The van der Waals surface area contributed by atoms with E-state index in [4.69, 9.17) is 32.7 Å². The number of aromatic nitrogens is 2. The number of hydrogen-bond donors (Lipinski definition) is 0. The minimum atomic E-state index is 0.319. The van der Waals surface area contributed by atoms with E-state index in [-0.39, 0.29) is 0 Å². The van der Waals surface area contributed by atoms with Gasteiger partial charge in [0.05, 0.1) is 19.8 Å². The van der Waals surface area contributed by atoms with Gasteiger partial charge in [-0.05, 0) is 19.1 Å². The molecule has 1 aromatic carbocycles. The molecular formula is C13H12Cl2N2O2. The summed E-state index contributed by atoms with van der Waals surface area (Å²) in [6.07, 6.45) is 0. The number of nitrogens with zero attached hydrogens (tertiary/aromatic N) is 2. The van der Waals surface area contributed by atoms with Gasteiger partial charge in [0.2, 0.25) is 0 Å². The Morgan fingerprint density at radius 2 is 1.63 bits per heavy atom. The molecule has 0 saturated carbocycles. The molecule has 2 aromatic rings. The third-order valence-corrected chi connectivity index (χ3v) is 3.41. The number of benzene rings is 1. The lowest BCUT2D eigenvalue weighted by atomic mass is 10.1. The summed E-state index contributed by atoms with van der Waals surface area (Å²) >= 11 is 12.1. The van der Waals surface area contributed by atoms with Crippen LogP contribution in [0.1, 0.15) is 5.56 Å². The Morgan fingerprint density at radius 3 is 2.16 bits per heavy atom. The lowest BCUT2D eigenvalue weighted by Crippen LogP contribution is -1.98. The second-order valence-electron chi connectivity index (χ2n) is 3.79. The third kappa shape index (κ3) is 2.60. The van der Waals surface area contributed by atoms with E-state index in [0.29, 0.717) is 38.8 Å². The van der Waals surface area contributed by atoms with Crippen molar-refractivity contribution in [2.45, 2.75) is 6.92 Å². The summed E-state index contributed by atoms with van der Waals surface area (Å²) in [6, 6.07) is 5.43. The van der Waals surface area contributed by atoms with Crippen molar-refractivity contribution in [2.75, 3.05) is 14.2 Å². The first-order chi connectivity index (χ1) is 9.08. The van der Waals surface area contributed by atoms with Crippen LogP contribution >= 0.6 is 23.2 Å². The van der Waals surface area contributed by atoms with Crippen LogP contribution in [-0.4, -0.2) is 24.2 Å². The van der Waals surface area contributed by atoms with Crippen molar-refractivity contribution in [1.82, 2.24) is 9.97 Å². The third-order valence-electron chi connectivity index (χ3n) is 2.67. The standard InChI is InChI=1S/C13H12Cl2N2O2/c1-7-11(14)16-13(17-12(7)15)8-5-4-6-9(18-2)10(8)19-3/h4-6H,1-3H3. The molecule has 100 valence electrons. The maximum absolute atomic E-state index is 6.03. The summed E-state index contributed by atoms with van der Waals surface area (Å²) in [5, 5.41) is 0.639. The summed E-state index contributed by atoms with van der Waals surface area (Å²) in [7, 11) is 3.12. The zero-order chi connectivity index (χ0) is 14.0. The van der Waals surface area contributed by atoms with Crippen molar-refractivity contribution in [2.24, 2.45) is 0 Å². The molecule has 1 heterocycles. The average molecular weight is 299 g/mol. The van der Waals surface area contributed by atoms with Crippen molar-refractivity contribution < 1.29 is 9.47 Å². The van der Waals surface area contributed by atoms with E-state index in [9.17, 15) is 0 Å². The molecule has 2 rings (SSSR count). The van der Waals surface area contributed by atoms with Crippen LogP contribution in [-0.2, 0) is 0 Å². The number of rotatable bonds is 3. The Hall–Kier alpha value is -1.52. The zero-order valence-electron chi connectivity index (χ0n) is 10.7. The molecule has 0 aliphatic carbocycles. The second-order valence-corrected chi connectivity index (χ2v) is 4.51. The van der Waals surface area contributed by atoms with E-state index < -0.39 is 0 Å². The minimum Gasteiger partial charge on any atom is -0.493 e. The number of methoxy groups -OCH3 is 2. The maximum atomic E-state index is 6.03. The van der Waals surface area contributed by atoms with Crippen molar-refractivity contribution in [3.8, 4) is 22.9 Å². The number of para-hydroxylation sites is 1. The summed E-state index contributed by atoms with van der Waals surface area (Å²) in [5.41, 5.74) is 1.32. The molecular weight excluding hydrogens is 287 g/mol. The van der Waals surface area contributed by atoms with Gasteiger partial charge in [0.15, 0.2) is 17.3 Å². The molecule has 1 aromatic heterocycles. The van der Waals surface area contributed by atoms with Crippen molar-refractivity contribution in [1.29, 1.82) is 0 Å². The highest BCUT2D eigenvalue weighted by Gasteiger charge is 2.16. The van der Waals surface area contributed by atoms with Crippen molar-refractivity contribution in [3.05, 3.63) is 34.1 Å². The maximum Gasteiger partial charge on any atom is 0.171 e. The van der Waals surface area contributed by atoms with Gasteiger partial charge in [-0.1, -0.05) is 29.3 Å². The Balaban J connectivity index is 2.65. The SMILES string of the molecule is COc1cccc(-c2nc(Cl)c(C)c(Cl)n2)c1OC. The van der Waals surface area contributed by atoms with Gasteiger partial charge in [0, 0.05) is 5.56 Å². The molecule has 6 heteroatoms. The highest BCUT2D eigenvalue weighted by Crippen LogP contribution is 2.37. The monoisotopic (exact) mass is 298 g/mol. The van der Waals surface area contributed by atoms with Gasteiger partial charge >= 0.3 is 0 Å². The molecule has 4 nitrogen and oxygen atoms in total. The quantitative estimate of drug-likeness (QED) is 0.809. The van der Waals surface area contributed by atoms with E-state index in [1.165, 1.54) is 0 Å². The van der Waals surface area contributed by atoms with Crippen LogP contribution in [0.4, 0.5) is 0 Å². The molecule has 0 saturated heterocycles. The second kappa shape index (κ2) is 5.63. The van der Waals surface area contributed by atoms with Gasteiger partial charge in [-0.2, -0.15) is 0 Å². The fourth-order valence-corrected chi connectivity index (χ4v) is 2.03. The van der Waals surface area contributed by atoms with Gasteiger partial charge in [0.25, 0.3) is 0 Å². The molecule has 0 unspecified atom stereocenters. The highest BCUT2D eigenvalue weighted by molar-refractivity contribution is 6.34. The molecule has 0 atom stereocenters. The van der Waals surface area contributed by atoms with Gasteiger partial charge < -0.3 is 9.47 Å². The van der Waals surface area contributed by atoms with Crippen LogP contribution in [0.15, 0.2) is 18.2 Å². The van der Waals surface area contributed by atoms with E-state index in [1.54, 1.807) is 27.2 Å². The smallest absolute Gasteiger partial charge is 0.171 e. The predicted octanol–water partition coefficient (Wildman–Crippen LogP) is 3.78. The lowest BCUT2D eigenvalue weighted by molar-refractivity contribution is 0.356. The molecule has 0 amide bonds. The summed E-state index contributed by atoms with van der Waals surface area (Å²) < 4.78 is 10.6. The van der Waals surface area contributed by atoms with Crippen LogP contribution in [0.25, 0.3) is 11.4 Å². The zero-order valence-corrected chi connectivity index (χ0v) is 12.2. The first kappa shape index (κ1) is 13.9. The number of hydrogen-bond acceptors (Lipinski definition) is 4. The predicted molar refractivity (Wildman–Crippen MR) is 75.3 cm³/mol. The first-order valence-corrected chi connectivity index (χ1v) is 6.25. The molecule has 0 aliphatic heterocycles. The average Bonchev–Trinajstić information content (AvgIpc) is 2.43. The normalized spacial score (nSPS) is 10.4. The highest BCUT2D eigenvalue weighted by atomic mass is 35.5. The van der Waals surface area contributed by atoms with Crippen LogP contribution in [0.2, 0.25) is 10.3 Å². The lowest BCUT2D eigenvalue weighted by Gasteiger charge is -2.12. The van der Waals surface area contributed by atoms with Gasteiger partial charge in [-0.15, -0.1) is 0 Å². The Labute approximate surface area is 121 Å². The molecule has 0 bridgehead atoms. The summed E-state index contributed by atoms with van der Waals surface area (Å²) in [4.78, 5) is 8.44. The number of halogens is 2.